The highest BCUT2D eigenvalue weighted by molar-refractivity contribution is 7.99. The van der Waals surface area contributed by atoms with Crippen LogP contribution in [-0.4, -0.2) is 33.5 Å². The minimum Gasteiger partial charge on any atom is -0.377 e. The third-order valence-corrected chi connectivity index (χ3v) is 5.04. The molecule has 0 saturated heterocycles. The standard InChI is InChI=1S/C20H22N4O2S/c1-14-9-10-16(11-15(14)2)21-19(25)13-27-20-23-22-18(12-26-3)24(20)17-7-5-4-6-8-17/h4-11H,12-13H2,1-3H3,(H,21,25). The predicted octanol–water partition coefficient (Wildman–Crippen LogP) is 3.76. The van der Waals surface area contributed by atoms with Crippen LogP contribution in [0.1, 0.15) is 17.0 Å². The summed E-state index contributed by atoms with van der Waals surface area (Å²) in [6.45, 7) is 4.42. The van der Waals surface area contributed by atoms with Crippen molar-refractivity contribution in [2.45, 2.75) is 25.6 Å². The number of nitrogens with zero attached hydrogens (tertiary/aromatic N) is 3. The summed E-state index contributed by atoms with van der Waals surface area (Å²) >= 11 is 1.35. The van der Waals surface area contributed by atoms with Crippen LogP contribution in [0.25, 0.3) is 5.69 Å². The average molecular weight is 382 g/mol. The van der Waals surface area contributed by atoms with Crippen molar-refractivity contribution >= 4 is 23.4 Å². The van der Waals surface area contributed by atoms with E-state index in [1.807, 2.05) is 66.9 Å². The molecule has 0 bridgehead atoms. The summed E-state index contributed by atoms with van der Waals surface area (Å²) in [5.41, 5.74) is 4.08. The number of benzene rings is 2. The van der Waals surface area contributed by atoms with E-state index in [1.165, 1.54) is 17.3 Å². The molecule has 6 nitrogen and oxygen atoms in total. The molecule has 0 aliphatic rings. The van der Waals surface area contributed by atoms with Gasteiger partial charge in [0.15, 0.2) is 11.0 Å². The molecule has 1 N–H and O–H groups in total. The third-order valence-electron chi connectivity index (χ3n) is 4.11. The molecule has 3 rings (SSSR count). The van der Waals surface area contributed by atoms with Crippen LogP contribution in [-0.2, 0) is 16.1 Å². The molecule has 2 aromatic carbocycles. The molecule has 0 spiro atoms. The molecule has 7 heteroatoms. The van der Waals surface area contributed by atoms with Gasteiger partial charge in [-0.3, -0.25) is 9.36 Å². The average Bonchev–Trinajstić information content (AvgIpc) is 3.07. The molecule has 0 aliphatic heterocycles. The Kier molecular flexibility index (Phi) is 6.26. The molecule has 0 aliphatic carbocycles. The largest absolute Gasteiger partial charge is 0.377 e. The Morgan fingerprint density at radius 1 is 1.11 bits per heavy atom. The van der Waals surface area contributed by atoms with E-state index in [4.69, 9.17) is 4.74 Å². The van der Waals surface area contributed by atoms with Gasteiger partial charge >= 0.3 is 0 Å². The number of amides is 1. The maximum absolute atomic E-state index is 12.3. The Morgan fingerprint density at radius 2 is 1.89 bits per heavy atom. The van der Waals surface area contributed by atoms with Crippen LogP contribution in [0.5, 0.6) is 0 Å². The van der Waals surface area contributed by atoms with Crippen LogP contribution in [0.15, 0.2) is 53.7 Å². The number of aromatic nitrogens is 3. The monoisotopic (exact) mass is 382 g/mol. The number of carbonyl (C=O) groups excluding carboxylic acids is 1. The number of methoxy groups -OCH3 is 1. The topological polar surface area (TPSA) is 69.0 Å². The molecule has 0 saturated carbocycles. The fraction of sp³-hybridized carbons (Fsp3) is 0.250. The van der Waals surface area contributed by atoms with Gasteiger partial charge in [-0.2, -0.15) is 0 Å². The van der Waals surface area contributed by atoms with E-state index in [9.17, 15) is 4.79 Å². The molecule has 0 fully saturated rings. The molecular formula is C20H22N4O2S. The minimum atomic E-state index is -0.0841. The van der Waals surface area contributed by atoms with Gasteiger partial charge < -0.3 is 10.1 Å². The molecule has 1 amide bonds. The first-order valence-corrected chi connectivity index (χ1v) is 9.55. The quantitative estimate of drug-likeness (QED) is 0.630. The Bertz CT molecular complexity index is 925. The Morgan fingerprint density at radius 3 is 2.59 bits per heavy atom. The highest BCUT2D eigenvalue weighted by atomic mass is 32.2. The summed E-state index contributed by atoms with van der Waals surface area (Å²) < 4.78 is 7.13. The van der Waals surface area contributed by atoms with Crippen LogP contribution >= 0.6 is 11.8 Å². The lowest BCUT2D eigenvalue weighted by atomic mass is 10.1. The summed E-state index contributed by atoms with van der Waals surface area (Å²) in [6.07, 6.45) is 0. The molecule has 1 aromatic heterocycles. The Hall–Kier alpha value is -2.64. The molecule has 0 unspecified atom stereocenters. The van der Waals surface area contributed by atoms with Crippen LogP contribution < -0.4 is 5.32 Å². The molecular weight excluding hydrogens is 360 g/mol. The highest BCUT2D eigenvalue weighted by Gasteiger charge is 2.15. The van der Waals surface area contributed by atoms with Gasteiger partial charge in [-0.25, -0.2) is 0 Å². The number of anilines is 1. The molecule has 0 radical (unpaired) electrons. The van der Waals surface area contributed by atoms with Crippen molar-refractivity contribution in [3.8, 4) is 5.69 Å². The van der Waals surface area contributed by atoms with Gasteiger partial charge in [0, 0.05) is 18.5 Å². The lowest BCUT2D eigenvalue weighted by molar-refractivity contribution is -0.113. The van der Waals surface area contributed by atoms with Crippen molar-refractivity contribution in [2.24, 2.45) is 0 Å². The number of carbonyl (C=O) groups is 1. The van der Waals surface area contributed by atoms with Gasteiger partial charge in [0.25, 0.3) is 0 Å². The number of thioether (sulfide) groups is 1. The molecule has 1 heterocycles. The van der Waals surface area contributed by atoms with Crippen molar-refractivity contribution in [1.82, 2.24) is 14.8 Å². The van der Waals surface area contributed by atoms with Crippen molar-refractivity contribution in [1.29, 1.82) is 0 Å². The first-order chi connectivity index (χ1) is 13.1. The van der Waals surface area contributed by atoms with Crippen molar-refractivity contribution < 1.29 is 9.53 Å². The SMILES string of the molecule is COCc1nnc(SCC(=O)Nc2ccc(C)c(C)c2)n1-c1ccccc1. The number of ether oxygens (including phenoxy) is 1. The zero-order valence-corrected chi connectivity index (χ0v) is 16.4. The predicted molar refractivity (Wildman–Crippen MR) is 107 cm³/mol. The lowest BCUT2D eigenvalue weighted by Crippen LogP contribution is -2.15. The normalized spacial score (nSPS) is 10.8. The van der Waals surface area contributed by atoms with Gasteiger partial charge in [-0.05, 0) is 49.2 Å². The maximum Gasteiger partial charge on any atom is 0.234 e. The number of para-hydroxylation sites is 1. The van der Waals surface area contributed by atoms with E-state index in [-0.39, 0.29) is 11.7 Å². The number of hydrogen-bond donors (Lipinski definition) is 1. The van der Waals surface area contributed by atoms with Gasteiger partial charge in [0.2, 0.25) is 5.91 Å². The van der Waals surface area contributed by atoms with E-state index >= 15 is 0 Å². The van der Waals surface area contributed by atoms with E-state index in [2.05, 4.69) is 15.5 Å². The number of hydrogen-bond acceptors (Lipinski definition) is 5. The van der Waals surface area contributed by atoms with E-state index in [1.54, 1.807) is 7.11 Å². The smallest absolute Gasteiger partial charge is 0.234 e. The summed E-state index contributed by atoms with van der Waals surface area (Å²) in [5.74, 6) is 0.852. The minimum absolute atomic E-state index is 0.0841. The summed E-state index contributed by atoms with van der Waals surface area (Å²) in [7, 11) is 1.62. The van der Waals surface area contributed by atoms with E-state index < -0.39 is 0 Å². The maximum atomic E-state index is 12.3. The van der Waals surface area contributed by atoms with Crippen LogP contribution in [0.2, 0.25) is 0 Å². The highest BCUT2D eigenvalue weighted by Crippen LogP contribution is 2.23. The Balaban J connectivity index is 1.72. The number of aryl methyl sites for hydroxylation is 2. The molecule has 3 aromatic rings. The lowest BCUT2D eigenvalue weighted by Gasteiger charge is -2.10. The van der Waals surface area contributed by atoms with Gasteiger partial charge in [-0.1, -0.05) is 36.0 Å². The summed E-state index contributed by atoms with van der Waals surface area (Å²) in [4.78, 5) is 12.3. The number of rotatable bonds is 7. The fourth-order valence-electron chi connectivity index (χ4n) is 2.60. The third kappa shape index (κ3) is 4.75. The molecule has 27 heavy (non-hydrogen) atoms. The van der Waals surface area contributed by atoms with Crippen LogP contribution in [0, 0.1) is 13.8 Å². The van der Waals surface area contributed by atoms with Crippen LogP contribution in [0.4, 0.5) is 5.69 Å². The van der Waals surface area contributed by atoms with Crippen LogP contribution in [0.3, 0.4) is 0 Å². The zero-order chi connectivity index (χ0) is 19.2. The summed E-state index contributed by atoms with van der Waals surface area (Å²) in [5, 5.41) is 12.0. The second-order valence-corrected chi connectivity index (χ2v) is 7.08. The van der Waals surface area contributed by atoms with E-state index in [0.717, 1.165) is 16.9 Å². The molecule has 0 atom stereocenters. The van der Waals surface area contributed by atoms with Gasteiger partial charge in [0.05, 0.1) is 5.75 Å². The fourth-order valence-corrected chi connectivity index (χ4v) is 3.37. The first-order valence-electron chi connectivity index (χ1n) is 8.57. The van der Waals surface area contributed by atoms with Crippen molar-refractivity contribution in [3.05, 3.63) is 65.5 Å². The second kappa shape index (κ2) is 8.83. The second-order valence-electron chi connectivity index (χ2n) is 6.14. The van der Waals surface area contributed by atoms with Crippen molar-refractivity contribution in [2.75, 3.05) is 18.2 Å². The first kappa shape index (κ1) is 19.1. The Labute approximate surface area is 163 Å². The van der Waals surface area contributed by atoms with Crippen molar-refractivity contribution in [3.63, 3.8) is 0 Å². The molecule has 140 valence electrons. The van der Waals surface area contributed by atoms with Gasteiger partial charge in [0.1, 0.15) is 6.61 Å². The zero-order valence-electron chi connectivity index (χ0n) is 15.6. The summed E-state index contributed by atoms with van der Waals surface area (Å²) in [6, 6.07) is 15.7. The van der Waals surface area contributed by atoms with Gasteiger partial charge in [-0.15, -0.1) is 10.2 Å². The van der Waals surface area contributed by atoms with E-state index in [0.29, 0.717) is 17.6 Å². The number of nitrogens with one attached hydrogen (secondary N) is 1.